The zero-order valence-electron chi connectivity index (χ0n) is 26.6. The van der Waals surface area contributed by atoms with E-state index >= 15 is 0 Å². The number of nitrogens with zero attached hydrogens (tertiary/aromatic N) is 2. The fourth-order valence-electron chi connectivity index (χ4n) is 8.30. The van der Waals surface area contributed by atoms with Gasteiger partial charge in [-0.3, -0.25) is 0 Å². The van der Waals surface area contributed by atoms with E-state index in [0.29, 0.717) is 0 Å². The molecule has 0 bridgehead atoms. The summed E-state index contributed by atoms with van der Waals surface area (Å²) in [5.74, 6) is 0. The number of hydrogen-bond acceptors (Lipinski definition) is 0. The summed E-state index contributed by atoms with van der Waals surface area (Å²) in [4.78, 5) is 0. The van der Waals surface area contributed by atoms with Crippen molar-refractivity contribution < 1.29 is 0 Å². The van der Waals surface area contributed by atoms with E-state index in [1.807, 2.05) is 0 Å². The van der Waals surface area contributed by atoms with Crippen LogP contribution in [-0.2, 0) is 17.4 Å². The molecule has 2 heteroatoms. The maximum Gasteiger partial charge on any atom is 0.0548 e. The van der Waals surface area contributed by atoms with Gasteiger partial charge in [0.15, 0.2) is 0 Å². The van der Waals surface area contributed by atoms with E-state index in [9.17, 15) is 0 Å². The lowest BCUT2D eigenvalue weighted by Gasteiger charge is -2.42. The van der Waals surface area contributed by atoms with Gasteiger partial charge >= 0.3 is 0 Å². The third-order valence-corrected chi connectivity index (χ3v) is 10.8. The molecule has 0 amide bonds. The van der Waals surface area contributed by atoms with Gasteiger partial charge in [-0.15, -0.1) is 0 Å². The van der Waals surface area contributed by atoms with E-state index in [4.69, 9.17) is 0 Å². The van der Waals surface area contributed by atoms with Crippen molar-refractivity contribution >= 4 is 54.4 Å². The van der Waals surface area contributed by atoms with E-state index in [2.05, 4.69) is 158 Å². The Morgan fingerprint density at radius 3 is 1.84 bits per heavy atom. The standard InChI is InChI=1S/C43H38N2/c1-42(2)23-24-43(3,4)34-26-38-32(25-33(34)42)40-37(45(38)30-16-9-6-10-17-30)22-21-36-41(40)39-31-18-12-11-15-29(31)19-20-35(39)44(36)27-28-13-7-5-8-14-28/h5-22,25-26H,23-24,27H2,1-4H3. The molecule has 0 atom stereocenters. The average molecular weight is 583 g/mol. The summed E-state index contributed by atoms with van der Waals surface area (Å²) in [5, 5.41) is 8.04. The summed E-state index contributed by atoms with van der Waals surface area (Å²) in [6.07, 6.45) is 2.40. The van der Waals surface area contributed by atoms with E-state index in [-0.39, 0.29) is 10.8 Å². The van der Waals surface area contributed by atoms with Crippen LogP contribution >= 0.6 is 0 Å². The van der Waals surface area contributed by atoms with Gasteiger partial charge in [0.05, 0.1) is 22.1 Å². The molecule has 45 heavy (non-hydrogen) atoms. The Labute approximate surface area is 264 Å². The lowest BCUT2D eigenvalue weighted by Crippen LogP contribution is -2.33. The Morgan fingerprint density at radius 1 is 0.511 bits per heavy atom. The number of rotatable bonds is 3. The lowest BCUT2D eigenvalue weighted by atomic mass is 9.63. The highest BCUT2D eigenvalue weighted by atomic mass is 15.0. The van der Waals surface area contributed by atoms with Gasteiger partial charge in [-0.1, -0.05) is 107 Å². The van der Waals surface area contributed by atoms with Crippen LogP contribution in [0.1, 0.15) is 57.2 Å². The van der Waals surface area contributed by atoms with Gasteiger partial charge in [0.2, 0.25) is 0 Å². The van der Waals surface area contributed by atoms with Gasteiger partial charge in [-0.2, -0.15) is 0 Å². The molecule has 0 saturated carbocycles. The first kappa shape index (κ1) is 26.6. The van der Waals surface area contributed by atoms with Crippen molar-refractivity contribution in [2.75, 3.05) is 0 Å². The van der Waals surface area contributed by atoms with Crippen LogP contribution in [-0.4, -0.2) is 9.13 Å². The van der Waals surface area contributed by atoms with Crippen LogP contribution < -0.4 is 0 Å². The van der Waals surface area contributed by atoms with E-state index in [1.54, 1.807) is 0 Å². The fourth-order valence-corrected chi connectivity index (χ4v) is 8.30. The quantitative estimate of drug-likeness (QED) is 0.196. The molecule has 1 aliphatic carbocycles. The Kier molecular flexibility index (Phi) is 5.52. The molecule has 9 rings (SSSR count). The topological polar surface area (TPSA) is 9.86 Å². The van der Waals surface area contributed by atoms with Gasteiger partial charge in [-0.25, -0.2) is 0 Å². The summed E-state index contributed by atoms with van der Waals surface area (Å²) in [7, 11) is 0. The molecule has 2 aromatic heterocycles. The number of aromatic nitrogens is 2. The minimum atomic E-state index is 0.127. The van der Waals surface area contributed by atoms with Crippen molar-refractivity contribution in [3.63, 3.8) is 0 Å². The summed E-state index contributed by atoms with van der Waals surface area (Å²) in [5.41, 5.74) is 11.0. The van der Waals surface area contributed by atoms with Crippen LogP contribution in [0, 0.1) is 0 Å². The SMILES string of the molecule is CC1(C)CCC(C)(C)c2cc3c(cc21)c1c2c4c5ccccc5ccc4n(Cc4ccccc4)c2ccc1n3-c1ccccc1. The van der Waals surface area contributed by atoms with Crippen molar-refractivity contribution in [2.24, 2.45) is 0 Å². The van der Waals surface area contributed by atoms with Gasteiger partial charge in [-0.05, 0) is 93.6 Å². The van der Waals surface area contributed by atoms with Crippen molar-refractivity contribution in [3.8, 4) is 5.69 Å². The predicted molar refractivity (Wildman–Crippen MR) is 192 cm³/mol. The van der Waals surface area contributed by atoms with Crippen molar-refractivity contribution in [1.29, 1.82) is 0 Å². The number of fused-ring (bicyclic) bond motifs is 10. The second kappa shape index (κ2) is 9.34. The molecular weight excluding hydrogens is 544 g/mol. The van der Waals surface area contributed by atoms with Crippen LogP contribution in [0.25, 0.3) is 60.1 Å². The Bertz CT molecular complexity index is 2440. The Morgan fingerprint density at radius 2 is 1.09 bits per heavy atom. The first-order chi connectivity index (χ1) is 21.8. The molecule has 0 saturated heterocycles. The third-order valence-electron chi connectivity index (χ3n) is 10.8. The highest BCUT2D eigenvalue weighted by molar-refractivity contribution is 6.33. The van der Waals surface area contributed by atoms with Gasteiger partial charge in [0.1, 0.15) is 0 Å². The first-order valence-corrected chi connectivity index (χ1v) is 16.4. The molecule has 0 N–H and O–H groups in total. The van der Waals surface area contributed by atoms with Crippen molar-refractivity contribution in [1.82, 2.24) is 9.13 Å². The van der Waals surface area contributed by atoms with E-state index < -0.39 is 0 Å². The second-order valence-electron chi connectivity index (χ2n) is 14.5. The number of para-hydroxylation sites is 1. The number of hydrogen-bond donors (Lipinski definition) is 0. The smallest absolute Gasteiger partial charge is 0.0548 e. The monoisotopic (exact) mass is 582 g/mol. The zero-order valence-corrected chi connectivity index (χ0v) is 26.6. The first-order valence-electron chi connectivity index (χ1n) is 16.4. The summed E-state index contributed by atoms with van der Waals surface area (Å²) in [6.45, 7) is 10.6. The van der Waals surface area contributed by atoms with Crippen LogP contribution in [0.5, 0.6) is 0 Å². The van der Waals surface area contributed by atoms with Crippen LogP contribution in [0.4, 0.5) is 0 Å². The average Bonchev–Trinajstić information content (AvgIpc) is 3.56. The maximum atomic E-state index is 2.58. The van der Waals surface area contributed by atoms with Gasteiger partial charge < -0.3 is 9.13 Å². The molecular formula is C43H38N2. The Balaban J connectivity index is 1.52. The Hall–Kier alpha value is -4.82. The molecule has 8 aromatic rings. The molecule has 0 radical (unpaired) electrons. The maximum absolute atomic E-state index is 2.58. The number of benzene rings is 6. The van der Waals surface area contributed by atoms with Crippen LogP contribution in [0.3, 0.4) is 0 Å². The predicted octanol–water partition coefficient (Wildman–Crippen LogP) is 11.4. The largest absolute Gasteiger partial charge is 0.336 e. The molecule has 2 nitrogen and oxygen atoms in total. The molecule has 0 aliphatic heterocycles. The molecule has 0 spiro atoms. The highest BCUT2D eigenvalue weighted by Gasteiger charge is 2.38. The third kappa shape index (κ3) is 3.81. The highest BCUT2D eigenvalue weighted by Crippen LogP contribution is 2.50. The summed E-state index contributed by atoms with van der Waals surface area (Å²) in [6, 6.07) is 45.3. The molecule has 220 valence electrons. The van der Waals surface area contributed by atoms with Crippen LogP contribution in [0.15, 0.2) is 121 Å². The second-order valence-corrected chi connectivity index (χ2v) is 14.5. The minimum Gasteiger partial charge on any atom is -0.336 e. The molecule has 6 aromatic carbocycles. The van der Waals surface area contributed by atoms with Crippen molar-refractivity contribution in [2.45, 2.75) is 57.9 Å². The molecule has 0 unspecified atom stereocenters. The van der Waals surface area contributed by atoms with Gasteiger partial charge in [0, 0.05) is 33.8 Å². The molecule has 0 fully saturated rings. The summed E-state index contributed by atoms with van der Waals surface area (Å²) >= 11 is 0. The van der Waals surface area contributed by atoms with Gasteiger partial charge in [0.25, 0.3) is 0 Å². The minimum absolute atomic E-state index is 0.127. The van der Waals surface area contributed by atoms with E-state index in [0.717, 1.165) is 6.54 Å². The zero-order chi connectivity index (χ0) is 30.5. The lowest BCUT2D eigenvalue weighted by molar-refractivity contribution is 0.332. The summed E-state index contributed by atoms with van der Waals surface area (Å²) < 4.78 is 5.07. The fraction of sp³-hybridized carbons (Fsp3) is 0.209. The normalized spacial score (nSPS) is 15.8. The van der Waals surface area contributed by atoms with E-state index in [1.165, 1.54) is 89.6 Å². The van der Waals surface area contributed by atoms with Crippen molar-refractivity contribution in [3.05, 3.63) is 138 Å². The molecule has 2 heterocycles. The van der Waals surface area contributed by atoms with Crippen LogP contribution in [0.2, 0.25) is 0 Å². The molecule has 1 aliphatic rings.